The summed E-state index contributed by atoms with van der Waals surface area (Å²) in [6.07, 6.45) is 7.99. The Morgan fingerprint density at radius 1 is 0.812 bits per heavy atom. The molecule has 2 N–H and O–H groups in total. The first-order chi connectivity index (χ1) is 15.6. The number of hydrogen-bond acceptors (Lipinski definition) is 4. The van der Waals surface area contributed by atoms with E-state index < -0.39 is 7.32 Å². The first-order valence-corrected chi connectivity index (χ1v) is 11.8. The molecule has 0 aromatic heterocycles. The monoisotopic (exact) mass is 428 g/mol. The van der Waals surface area contributed by atoms with Gasteiger partial charge in [0, 0.05) is 5.56 Å². The number of ether oxygens (including phenoxy) is 1. The van der Waals surface area contributed by atoms with Crippen LogP contribution in [-0.4, -0.2) is 17.4 Å². The molecule has 7 rings (SSSR count). The van der Waals surface area contributed by atoms with E-state index in [1.165, 1.54) is 49.7 Å². The fourth-order valence-corrected chi connectivity index (χ4v) is 7.16. The van der Waals surface area contributed by atoms with Crippen molar-refractivity contribution in [3.8, 4) is 11.5 Å². The van der Waals surface area contributed by atoms with Crippen molar-refractivity contribution in [3.63, 3.8) is 0 Å². The average molecular weight is 428 g/mol. The second-order valence-electron chi connectivity index (χ2n) is 10.3. The lowest BCUT2D eigenvalue weighted by atomic mass is 9.48. The van der Waals surface area contributed by atoms with Crippen molar-refractivity contribution in [1.29, 1.82) is 0 Å². The lowest BCUT2D eigenvalue weighted by molar-refractivity contribution is -0.00640. The Kier molecular flexibility index (Phi) is 4.92. The minimum Gasteiger partial charge on any atom is -0.512 e. The van der Waals surface area contributed by atoms with E-state index >= 15 is 0 Å². The molecule has 4 aliphatic rings. The molecule has 4 aliphatic carbocycles. The fraction of sp³-hybridized carbons (Fsp3) is 0.407. The molecule has 4 nitrogen and oxygen atoms in total. The predicted octanol–water partition coefficient (Wildman–Crippen LogP) is 5.23. The summed E-state index contributed by atoms with van der Waals surface area (Å²) < 4.78 is 11.6. The smallest absolute Gasteiger partial charge is 0.512 e. The highest BCUT2D eigenvalue weighted by Crippen LogP contribution is 2.62. The maximum atomic E-state index is 9.22. The molecule has 4 bridgehead atoms. The van der Waals surface area contributed by atoms with Crippen molar-refractivity contribution < 1.29 is 19.4 Å². The molecular weight excluding hydrogens is 399 g/mol. The predicted molar refractivity (Wildman–Crippen MR) is 125 cm³/mol. The highest BCUT2D eigenvalue weighted by molar-refractivity contribution is 6.33. The van der Waals surface area contributed by atoms with Gasteiger partial charge in [0.1, 0.15) is 18.1 Å². The molecule has 32 heavy (non-hydrogen) atoms. The van der Waals surface area contributed by atoms with E-state index in [0.717, 1.165) is 34.3 Å². The van der Waals surface area contributed by atoms with E-state index in [0.29, 0.717) is 12.4 Å². The first kappa shape index (κ1) is 20.1. The van der Waals surface area contributed by atoms with Gasteiger partial charge in [0.25, 0.3) is 0 Å². The summed E-state index contributed by atoms with van der Waals surface area (Å²) in [7, 11) is -1.82. The van der Waals surface area contributed by atoms with Gasteiger partial charge < -0.3 is 19.4 Å². The van der Waals surface area contributed by atoms with Gasteiger partial charge in [0.15, 0.2) is 0 Å². The molecule has 0 unspecified atom stereocenters. The van der Waals surface area contributed by atoms with E-state index in [4.69, 9.17) is 9.39 Å². The van der Waals surface area contributed by atoms with Gasteiger partial charge in [-0.05, 0) is 102 Å². The standard InChI is InChI=1S/C27H29BO4/c29-28(30)32-24-7-6-22-13-26(31-17-18-4-2-1-3-5-18)25(12-23(22)11-24)27-14-19-8-20(15-27)10-21(9-19)16-27/h1-7,11-13,19-21,29-30H,8-10,14-17H2. The Bertz CT molecular complexity index is 1090. The summed E-state index contributed by atoms with van der Waals surface area (Å²) in [5.41, 5.74) is 2.70. The van der Waals surface area contributed by atoms with Crippen molar-refractivity contribution in [1.82, 2.24) is 0 Å². The molecule has 4 fully saturated rings. The van der Waals surface area contributed by atoms with Gasteiger partial charge in [-0.2, -0.15) is 0 Å². The summed E-state index contributed by atoms with van der Waals surface area (Å²) in [6.45, 7) is 0.559. The van der Waals surface area contributed by atoms with Crippen LogP contribution in [0.4, 0.5) is 0 Å². The molecule has 0 atom stereocenters. The van der Waals surface area contributed by atoms with Crippen molar-refractivity contribution in [3.05, 3.63) is 71.8 Å². The molecule has 0 spiro atoms. The molecular formula is C27H29BO4. The third-order valence-electron chi connectivity index (χ3n) is 8.00. The molecule has 164 valence electrons. The van der Waals surface area contributed by atoms with Gasteiger partial charge in [0.05, 0.1) is 0 Å². The zero-order valence-electron chi connectivity index (χ0n) is 18.2. The van der Waals surface area contributed by atoms with Gasteiger partial charge in [-0.25, -0.2) is 0 Å². The molecule has 3 aromatic rings. The van der Waals surface area contributed by atoms with Gasteiger partial charge in [0.2, 0.25) is 0 Å². The maximum Gasteiger partial charge on any atom is 0.707 e. The van der Waals surface area contributed by atoms with Gasteiger partial charge in [-0.15, -0.1) is 0 Å². The third-order valence-corrected chi connectivity index (χ3v) is 8.00. The van der Waals surface area contributed by atoms with Crippen molar-refractivity contribution in [2.45, 2.75) is 50.5 Å². The SMILES string of the molecule is OB(O)Oc1ccc2cc(OCc3ccccc3)c(C34CC5CC(CC(C5)C3)C4)cc2c1. The van der Waals surface area contributed by atoms with Gasteiger partial charge in [-0.3, -0.25) is 0 Å². The zero-order valence-corrected chi connectivity index (χ0v) is 18.2. The van der Waals surface area contributed by atoms with Crippen molar-refractivity contribution in [2.75, 3.05) is 0 Å². The molecule has 0 amide bonds. The quantitative estimate of drug-likeness (QED) is 0.528. The summed E-state index contributed by atoms with van der Waals surface area (Å²) in [6, 6.07) is 20.4. The molecule has 3 aromatic carbocycles. The van der Waals surface area contributed by atoms with Crippen molar-refractivity contribution >= 4 is 18.1 Å². The van der Waals surface area contributed by atoms with Crippen LogP contribution < -0.4 is 9.39 Å². The fourth-order valence-electron chi connectivity index (χ4n) is 7.16. The van der Waals surface area contributed by atoms with E-state index in [2.05, 4.69) is 36.4 Å². The van der Waals surface area contributed by atoms with E-state index in [9.17, 15) is 10.0 Å². The summed E-state index contributed by atoms with van der Waals surface area (Å²) in [5, 5.41) is 20.6. The number of rotatable bonds is 6. The molecule has 0 aliphatic heterocycles. The Hall–Kier alpha value is -2.50. The first-order valence-electron chi connectivity index (χ1n) is 11.8. The Balaban J connectivity index is 1.43. The Morgan fingerprint density at radius 2 is 1.50 bits per heavy atom. The van der Waals surface area contributed by atoms with Crippen LogP contribution in [0.3, 0.4) is 0 Å². The highest BCUT2D eigenvalue weighted by atomic mass is 16.6. The lowest BCUT2D eigenvalue weighted by Crippen LogP contribution is -2.48. The van der Waals surface area contributed by atoms with Crippen LogP contribution in [0.5, 0.6) is 11.5 Å². The number of hydrogen-bond donors (Lipinski definition) is 2. The molecule has 0 heterocycles. The van der Waals surface area contributed by atoms with E-state index in [1.807, 2.05) is 18.2 Å². The Labute approximate surface area is 189 Å². The van der Waals surface area contributed by atoms with Gasteiger partial charge >= 0.3 is 7.32 Å². The largest absolute Gasteiger partial charge is 0.707 e. The molecule has 4 saturated carbocycles. The minimum absolute atomic E-state index is 0.197. The second-order valence-corrected chi connectivity index (χ2v) is 10.3. The zero-order chi connectivity index (χ0) is 21.7. The minimum atomic E-state index is -1.82. The second kappa shape index (κ2) is 7.82. The molecule has 0 radical (unpaired) electrons. The van der Waals surface area contributed by atoms with Crippen LogP contribution >= 0.6 is 0 Å². The van der Waals surface area contributed by atoms with E-state index in [1.54, 1.807) is 6.07 Å². The van der Waals surface area contributed by atoms with Crippen LogP contribution in [0.25, 0.3) is 10.8 Å². The molecule has 5 heteroatoms. The third kappa shape index (κ3) is 3.68. The number of fused-ring (bicyclic) bond motifs is 1. The van der Waals surface area contributed by atoms with Crippen LogP contribution in [-0.2, 0) is 12.0 Å². The van der Waals surface area contributed by atoms with Crippen LogP contribution in [0.1, 0.15) is 49.7 Å². The van der Waals surface area contributed by atoms with Crippen LogP contribution in [0.15, 0.2) is 60.7 Å². The summed E-state index contributed by atoms with van der Waals surface area (Å²) >= 11 is 0. The van der Waals surface area contributed by atoms with Crippen LogP contribution in [0, 0.1) is 17.8 Å². The maximum absolute atomic E-state index is 9.22. The van der Waals surface area contributed by atoms with Crippen LogP contribution in [0.2, 0.25) is 0 Å². The Morgan fingerprint density at radius 3 is 2.16 bits per heavy atom. The molecule has 0 saturated heterocycles. The normalized spacial score (nSPS) is 28.1. The topological polar surface area (TPSA) is 58.9 Å². The van der Waals surface area contributed by atoms with E-state index in [-0.39, 0.29) is 5.41 Å². The summed E-state index contributed by atoms with van der Waals surface area (Å²) in [4.78, 5) is 0. The van der Waals surface area contributed by atoms with Gasteiger partial charge in [-0.1, -0.05) is 36.4 Å². The lowest BCUT2D eigenvalue weighted by Gasteiger charge is -2.57. The average Bonchev–Trinajstić information content (AvgIpc) is 2.76. The van der Waals surface area contributed by atoms with Crippen molar-refractivity contribution in [2.24, 2.45) is 17.8 Å². The highest BCUT2D eigenvalue weighted by Gasteiger charge is 2.52. The summed E-state index contributed by atoms with van der Waals surface area (Å²) in [5.74, 6) is 4.00. The number of benzene rings is 3.